The van der Waals surface area contributed by atoms with Gasteiger partial charge in [-0.15, -0.1) is 0 Å². The van der Waals surface area contributed by atoms with Gasteiger partial charge in [0.25, 0.3) is 0 Å². The standard InChI is InChI=1S/C23H38O7/c1-7-19-12(2)8-9-17(24)13(3)10-14(4)22(15(5)23(27)29-19)30-20-11-18(25)21(26)16(6)28-20/h8-9,12-16,18-22,25-26H,7,10-11H2,1-6H3/b9-8+/t12-,13+,14-,15+,16-,18-,19+,20-,21-,22-/m0/s1. The molecule has 2 N–H and O–H groups in total. The maximum absolute atomic E-state index is 12.9. The number of hydrogen-bond donors (Lipinski definition) is 2. The summed E-state index contributed by atoms with van der Waals surface area (Å²) in [6, 6.07) is 0. The molecule has 1 saturated heterocycles. The quantitative estimate of drug-likeness (QED) is 0.669. The molecule has 0 aromatic heterocycles. The minimum atomic E-state index is -0.975. The second kappa shape index (κ2) is 10.8. The average Bonchev–Trinajstić information content (AvgIpc) is 2.70. The van der Waals surface area contributed by atoms with Crippen LogP contribution in [0.25, 0.3) is 0 Å². The van der Waals surface area contributed by atoms with Crippen LogP contribution in [0.1, 0.15) is 60.8 Å². The number of esters is 1. The summed E-state index contributed by atoms with van der Waals surface area (Å²) in [5.74, 6) is -1.28. The molecule has 2 aliphatic rings. The maximum Gasteiger partial charge on any atom is 0.311 e. The Labute approximate surface area is 179 Å². The highest BCUT2D eigenvalue weighted by Crippen LogP contribution is 2.31. The Morgan fingerprint density at radius 2 is 1.77 bits per heavy atom. The first-order chi connectivity index (χ1) is 14.0. The summed E-state index contributed by atoms with van der Waals surface area (Å²) in [6.07, 6.45) is 0.587. The van der Waals surface area contributed by atoms with Gasteiger partial charge in [0.1, 0.15) is 12.2 Å². The summed E-state index contributed by atoms with van der Waals surface area (Å²) in [6.45, 7) is 11.2. The van der Waals surface area contributed by atoms with E-state index in [1.807, 2.05) is 33.8 Å². The van der Waals surface area contributed by atoms with Gasteiger partial charge in [-0.1, -0.05) is 33.8 Å². The first kappa shape index (κ1) is 25.0. The predicted octanol–water partition coefficient (Wildman–Crippen LogP) is 2.62. The summed E-state index contributed by atoms with van der Waals surface area (Å²) in [7, 11) is 0. The van der Waals surface area contributed by atoms with Gasteiger partial charge in [0.2, 0.25) is 0 Å². The lowest BCUT2D eigenvalue weighted by atomic mass is 9.84. The van der Waals surface area contributed by atoms with Gasteiger partial charge >= 0.3 is 5.97 Å². The van der Waals surface area contributed by atoms with Crippen LogP contribution in [0.15, 0.2) is 12.2 Å². The molecule has 7 nitrogen and oxygen atoms in total. The third-order valence-electron chi connectivity index (χ3n) is 6.44. The monoisotopic (exact) mass is 426 g/mol. The van der Waals surface area contributed by atoms with E-state index in [4.69, 9.17) is 14.2 Å². The van der Waals surface area contributed by atoms with Crippen LogP contribution < -0.4 is 0 Å². The summed E-state index contributed by atoms with van der Waals surface area (Å²) in [4.78, 5) is 25.5. The van der Waals surface area contributed by atoms with Crippen LogP contribution in [0.5, 0.6) is 0 Å². The number of cyclic esters (lactones) is 1. The van der Waals surface area contributed by atoms with Crippen LogP contribution in [0.2, 0.25) is 0 Å². The molecule has 0 spiro atoms. The molecule has 0 aromatic carbocycles. The van der Waals surface area contributed by atoms with E-state index in [1.165, 1.54) is 0 Å². The Balaban J connectivity index is 2.26. The number of ketones is 1. The molecule has 7 heteroatoms. The number of aliphatic hydroxyl groups excluding tert-OH is 2. The van der Waals surface area contributed by atoms with Crippen molar-refractivity contribution >= 4 is 11.8 Å². The van der Waals surface area contributed by atoms with Crippen molar-refractivity contribution in [2.75, 3.05) is 0 Å². The van der Waals surface area contributed by atoms with Crippen molar-refractivity contribution < 1.29 is 34.0 Å². The molecular formula is C23H38O7. The highest BCUT2D eigenvalue weighted by Gasteiger charge is 2.40. The highest BCUT2D eigenvalue weighted by molar-refractivity contribution is 5.91. The molecule has 2 heterocycles. The van der Waals surface area contributed by atoms with Crippen molar-refractivity contribution in [3.63, 3.8) is 0 Å². The van der Waals surface area contributed by atoms with Gasteiger partial charge in [-0.2, -0.15) is 0 Å². The number of hydrogen-bond acceptors (Lipinski definition) is 7. The van der Waals surface area contributed by atoms with Crippen molar-refractivity contribution in [3.8, 4) is 0 Å². The molecule has 0 saturated carbocycles. The van der Waals surface area contributed by atoms with Gasteiger partial charge < -0.3 is 24.4 Å². The molecule has 2 rings (SSSR count). The predicted molar refractivity (Wildman–Crippen MR) is 111 cm³/mol. The van der Waals surface area contributed by atoms with E-state index in [9.17, 15) is 19.8 Å². The molecule has 0 radical (unpaired) electrons. The zero-order valence-corrected chi connectivity index (χ0v) is 19.0. The first-order valence-electron chi connectivity index (χ1n) is 11.1. The maximum atomic E-state index is 12.9. The fourth-order valence-corrected chi connectivity index (χ4v) is 4.33. The highest BCUT2D eigenvalue weighted by atomic mass is 16.7. The molecule has 0 bridgehead atoms. The lowest BCUT2D eigenvalue weighted by Crippen LogP contribution is -2.50. The van der Waals surface area contributed by atoms with E-state index in [2.05, 4.69) is 0 Å². The van der Waals surface area contributed by atoms with Gasteiger partial charge in [0, 0.05) is 18.3 Å². The summed E-state index contributed by atoms with van der Waals surface area (Å²) < 4.78 is 17.7. The van der Waals surface area contributed by atoms with Gasteiger partial charge in [0.15, 0.2) is 12.1 Å². The van der Waals surface area contributed by atoms with E-state index in [-0.39, 0.29) is 42.0 Å². The topological polar surface area (TPSA) is 102 Å². The largest absolute Gasteiger partial charge is 0.461 e. The molecule has 30 heavy (non-hydrogen) atoms. The zero-order valence-electron chi connectivity index (χ0n) is 19.0. The van der Waals surface area contributed by atoms with Gasteiger partial charge in [-0.25, -0.2) is 0 Å². The number of rotatable bonds is 3. The van der Waals surface area contributed by atoms with Crippen molar-refractivity contribution in [1.82, 2.24) is 0 Å². The van der Waals surface area contributed by atoms with E-state index in [0.29, 0.717) is 12.8 Å². The average molecular weight is 427 g/mol. The fourth-order valence-electron chi connectivity index (χ4n) is 4.33. The normalized spacial score (nSPS) is 45.2. The lowest BCUT2D eigenvalue weighted by molar-refractivity contribution is -0.270. The third kappa shape index (κ3) is 6.13. The summed E-state index contributed by atoms with van der Waals surface area (Å²) >= 11 is 0. The number of ether oxygens (including phenoxy) is 3. The molecule has 0 unspecified atom stereocenters. The Bertz CT molecular complexity index is 607. The van der Waals surface area contributed by atoms with Gasteiger partial charge in [-0.05, 0) is 38.7 Å². The molecule has 10 atom stereocenters. The van der Waals surface area contributed by atoms with Crippen LogP contribution in [0.3, 0.4) is 0 Å². The number of allylic oxidation sites excluding steroid dienone is 1. The van der Waals surface area contributed by atoms with E-state index < -0.39 is 36.6 Å². The molecule has 0 amide bonds. The van der Waals surface area contributed by atoms with Gasteiger partial charge in [-0.3, -0.25) is 9.59 Å². The smallest absolute Gasteiger partial charge is 0.311 e. The SMILES string of the molecule is CC[C@H]1OC(=O)[C@H](C)[C@@H](O[C@H]2C[C@H](O)[C@@H](O)[C@H](C)O2)[C@@H](C)C[C@@H](C)C(=O)/C=C/[C@@H]1C. The minimum absolute atomic E-state index is 0.0444. The van der Waals surface area contributed by atoms with Crippen LogP contribution in [0.4, 0.5) is 0 Å². The third-order valence-corrected chi connectivity index (χ3v) is 6.44. The Morgan fingerprint density at radius 3 is 2.37 bits per heavy atom. The van der Waals surface area contributed by atoms with Crippen LogP contribution in [-0.4, -0.2) is 58.8 Å². The van der Waals surface area contributed by atoms with Gasteiger partial charge in [0.05, 0.1) is 24.2 Å². The van der Waals surface area contributed by atoms with E-state index in [0.717, 1.165) is 0 Å². The second-order valence-electron chi connectivity index (χ2n) is 9.07. The summed E-state index contributed by atoms with van der Waals surface area (Å²) in [5.41, 5.74) is 0. The van der Waals surface area contributed by atoms with Crippen LogP contribution in [0, 0.1) is 23.7 Å². The van der Waals surface area contributed by atoms with Crippen molar-refractivity contribution in [1.29, 1.82) is 0 Å². The Hall–Kier alpha value is -1.28. The van der Waals surface area contributed by atoms with Crippen LogP contribution in [-0.2, 0) is 23.8 Å². The van der Waals surface area contributed by atoms with E-state index >= 15 is 0 Å². The van der Waals surface area contributed by atoms with Crippen molar-refractivity contribution in [2.45, 2.75) is 97.6 Å². The lowest BCUT2D eigenvalue weighted by Gasteiger charge is -2.39. The Morgan fingerprint density at radius 1 is 1.10 bits per heavy atom. The first-order valence-corrected chi connectivity index (χ1v) is 11.1. The molecular weight excluding hydrogens is 388 g/mol. The fraction of sp³-hybridized carbons (Fsp3) is 0.826. The van der Waals surface area contributed by atoms with E-state index in [1.54, 1.807) is 19.9 Å². The molecule has 0 aromatic rings. The summed E-state index contributed by atoms with van der Waals surface area (Å²) in [5, 5.41) is 20.0. The number of carbonyl (C=O) groups is 2. The molecule has 2 aliphatic heterocycles. The van der Waals surface area contributed by atoms with Crippen molar-refractivity contribution in [3.05, 3.63) is 12.2 Å². The Kier molecular flexibility index (Phi) is 9.03. The molecule has 0 aliphatic carbocycles. The number of carbonyl (C=O) groups excluding carboxylic acids is 2. The second-order valence-corrected chi connectivity index (χ2v) is 9.07. The number of aliphatic hydroxyl groups is 2. The minimum Gasteiger partial charge on any atom is -0.461 e. The van der Waals surface area contributed by atoms with Crippen molar-refractivity contribution in [2.24, 2.45) is 23.7 Å². The molecule has 172 valence electrons. The van der Waals surface area contributed by atoms with Crippen LogP contribution >= 0.6 is 0 Å². The zero-order chi connectivity index (χ0) is 22.6. The molecule has 1 fully saturated rings.